The minimum atomic E-state index is -0.284. The van der Waals surface area contributed by atoms with Gasteiger partial charge in [-0.15, -0.1) is 0 Å². The van der Waals surface area contributed by atoms with Gasteiger partial charge >= 0.3 is 0 Å². The zero-order valence-electron chi connectivity index (χ0n) is 8.75. The molecular weight excluding hydrogens is 176 g/mol. The van der Waals surface area contributed by atoms with Gasteiger partial charge in [-0.05, 0) is 37.5 Å². The maximum atomic E-state index is 12.1. The van der Waals surface area contributed by atoms with Crippen LogP contribution in [0.5, 0.6) is 0 Å². The molecule has 0 N–H and O–H groups in total. The summed E-state index contributed by atoms with van der Waals surface area (Å²) in [7, 11) is 0. The summed E-state index contributed by atoms with van der Waals surface area (Å²) < 4.78 is 0. The molecular formula is C12H16O2. The molecule has 3 rings (SSSR count). The van der Waals surface area contributed by atoms with E-state index in [1.54, 1.807) is 6.92 Å². The van der Waals surface area contributed by atoms with Crippen molar-refractivity contribution in [3.63, 3.8) is 0 Å². The SMILES string of the molecule is CC(=O)CC1(C)C(=O)C2C3CCC1C32. The lowest BCUT2D eigenvalue weighted by molar-refractivity contribution is -0.133. The smallest absolute Gasteiger partial charge is 0.143 e. The van der Waals surface area contributed by atoms with Crippen LogP contribution in [0.2, 0.25) is 0 Å². The molecule has 76 valence electrons. The van der Waals surface area contributed by atoms with Crippen molar-refractivity contribution in [3.8, 4) is 0 Å². The molecule has 5 unspecified atom stereocenters. The molecule has 3 saturated carbocycles. The first kappa shape index (κ1) is 8.63. The van der Waals surface area contributed by atoms with E-state index in [0.29, 0.717) is 35.9 Å². The van der Waals surface area contributed by atoms with E-state index in [9.17, 15) is 9.59 Å². The first-order chi connectivity index (χ1) is 6.55. The lowest BCUT2D eigenvalue weighted by atomic mass is 9.73. The highest BCUT2D eigenvalue weighted by molar-refractivity contribution is 5.97. The van der Waals surface area contributed by atoms with Crippen molar-refractivity contribution in [2.75, 3.05) is 0 Å². The van der Waals surface area contributed by atoms with Gasteiger partial charge in [-0.25, -0.2) is 0 Å². The van der Waals surface area contributed by atoms with E-state index in [4.69, 9.17) is 0 Å². The Labute approximate surface area is 84.1 Å². The summed E-state index contributed by atoms with van der Waals surface area (Å²) in [4.78, 5) is 23.3. The van der Waals surface area contributed by atoms with Crippen molar-refractivity contribution in [2.45, 2.75) is 33.1 Å². The molecule has 3 aliphatic rings. The fourth-order valence-electron chi connectivity index (χ4n) is 4.30. The van der Waals surface area contributed by atoms with E-state index in [0.717, 1.165) is 0 Å². The van der Waals surface area contributed by atoms with E-state index in [1.807, 2.05) is 6.92 Å². The molecule has 2 heteroatoms. The molecule has 3 fully saturated rings. The molecule has 0 amide bonds. The van der Waals surface area contributed by atoms with Crippen molar-refractivity contribution in [2.24, 2.45) is 29.1 Å². The highest BCUT2D eigenvalue weighted by Gasteiger charge is 2.73. The minimum Gasteiger partial charge on any atom is -0.300 e. The number of rotatable bonds is 2. The molecule has 14 heavy (non-hydrogen) atoms. The third-order valence-electron chi connectivity index (χ3n) is 4.81. The van der Waals surface area contributed by atoms with Crippen LogP contribution in [0.3, 0.4) is 0 Å². The van der Waals surface area contributed by atoms with Crippen molar-refractivity contribution >= 4 is 11.6 Å². The van der Waals surface area contributed by atoms with Crippen LogP contribution < -0.4 is 0 Å². The second-order valence-corrected chi connectivity index (χ2v) is 5.61. The molecule has 2 nitrogen and oxygen atoms in total. The number of carbonyl (C=O) groups is 2. The molecule has 0 aromatic rings. The molecule has 0 aromatic heterocycles. The summed E-state index contributed by atoms with van der Waals surface area (Å²) in [5.41, 5.74) is -0.284. The normalized spacial score (nSPS) is 53.4. The van der Waals surface area contributed by atoms with Crippen LogP contribution in [0.25, 0.3) is 0 Å². The fraction of sp³-hybridized carbons (Fsp3) is 0.833. The van der Waals surface area contributed by atoms with Crippen molar-refractivity contribution < 1.29 is 9.59 Å². The molecule has 0 spiro atoms. The van der Waals surface area contributed by atoms with Crippen molar-refractivity contribution in [3.05, 3.63) is 0 Å². The molecule has 0 saturated heterocycles. The van der Waals surface area contributed by atoms with E-state index >= 15 is 0 Å². The Hall–Kier alpha value is -0.660. The summed E-state index contributed by atoms with van der Waals surface area (Å²) in [5.74, 6) is 2.86. The lowest BCUT2D eigenvalue weighted by Crippen LogP contribution is -2.33. The molecule has 0 heterocycles. The van der Waals surface area contributed by atoms with Crippen LogP contribution in [0.15, 0.2) is 0 Å². The standard InChI is InChI=1S/C12H16O2/c1-6(13)5-12(2)8-4-3-7-9(8)10(7)11(12)14/h7-10H,3-5H2,1-2H3. The Morgan fingerprint density at radius 3 is 2.79 bits per heavy atom. The van der Waals surface area contributed by atoms with E-state index in [-0.39, 0.29) is 11.2 Å². The predicted octanol–water partition coefficient (Wildman–Crippen LogP) is 1.83. The Morgan fingerprint density at radius 2 is 2.21 bits per heavy atom. The number of ketones is 2. The molecule has 0 bridgehead atoms. The fourth-order valence-corrected chi connectivity index (χ4v) is 4.30. The van der Waals surface area contributed by atoms with Gasteiger partial charge in [-0.3, -0.25) is 9.59 Å². The average molecular weight is 192 g/mol. The number of hydrogen-bond acceptors (Lipinski definition) is 2. The number of Topliss-reactive ketones (excluding diaryl/α,β-unsaturated/α-hetero) is 2. The Balaban J connectivity index is 1.93. The number of fused-ring (bicyclic) bond motifs is 1. The number of hydrogen-bond donors (Lipinski definition) is 0. The van der Waals surface area contributed by atoms with E-state index < -0.39 is 0 Å². The van der Waals surface area contributed by atoms with Gasteiger partial charge in [0.2, 0.25) is 0 Å². The van der Waals surface area contributed by atoms with Gasteiger partial charge in [-0.2, -0.15) is 0 Å². The van der Waals surface area contributed by atoms with Crippen LogP contribution in [-0.2, 0) is 9.59 Å². The second kappa shape index (κ2) is 2.29. The van der Waals surface area contributed by atoms with Crippen molar-refractivity contribution in [1.82, 2.24) is 0 Å². The van der Waals surface area contributed by atoms with Gasteiger partial charge in [0.05, 0.1) is 0 Å². The highest BCUT2D eigenvalue weighted by Crippen LogP contribution is 2.72. The monoisotopic (exact) mass is 192 g/mol. The lowest BCUT2D eigenvalue weighted by Gasteiger charge is -2.29. The molecule has 3 aliphatic carbocycles. The number of carbonyl (C=O) groups excluding carboxylic acids is 2. The van der Waals surface area contributed by atoms with Crippen LogP contribution >= 0.6 is 0 Å². The van der Waals surface area contributed by atoms with Gasteiger partial charge < -0.3 is 0 Å². The van der Waals surface area contributed by atoms with Crippen LogP contribution in [0, 0.1) is 29.1 Å². The van der Waals surface area contributed by atoms with Crippen LogP contribution in [-0.4, -0.2) is 11.6 Å². The van der Waals surface area contributed by atoms with Gasteiger partial charge in [0.15, 0.2) is 0 Å². The maximum Gasteiger partial charge on any atom is 0.143 e. The minimum absolute atomic E-state index is 0.172. The summed E-state index contributed by atoms with van der Waals surface area (Å²) >= 11 is 0. The molecule has 0 aromatic carbocycles. The first-order valence-corrected chi connectivity index (χ1v) is 5.59. The molecule has 0 aliphatic heterocycles. The Bertz CT molecular complexity index is 333. The molecule has 5 atom stereocenters. The summed E-state index contributed by atoms with van der Waals surface area (Å²) in [6.45, 7) is 3.63. The largest absolute Gasteiger partial charge is 0.300 e. The summed E-state index contributed by atoms with van der Waals surface area (Å²) in [6, 6.07) is 0. The van der Waals surface area contributed by atoms with Gasteiger partial charge in [-0.1, -0.05) is 6.92 Å². The zero-order chi connectivity index (χ0) is 10.1. The maximum absolute atomic E-state index is 12.1. The van der Waals surface area contributed by atoms with Crippen molar-refractivity contribution in [1.29, 1.82) is 0 Å². The van der Waals surface area contributed by atoms with Gasteiger partial charge in [0.25, 0.3) is 0 Å². The zero-order valence-corrected chi connectivity index (χ0v) is 8.75. The van der Waals surface area contributed by atoms with Crippen LogP contribution in [0.4, 0.5) is 0 Å². The third kappa shape index (κ3) is 0.783. The first-order valence-electron chi connectivity index (χ1n) is 5.59. The van der Waals surface area contributed by atoms with Gasteiger partial charge in [0, 0.05) is 17.8 Å². The van der Waals surface area contributed by atoms with Gasteiger partial charge in [0.1, 0.15) is 11.6 Å². The summed E-state index contributed by atoms with van der Waals surface area (Å²) in [5, 5.41) is 0. The average Bonchev–Trinajstić information content (AvgIpc) is 2.56. The summed E-state index contributed by atoms with van der Waals surface area (Å²) in [6.07, 6.45) is 2.90. The topological polar surface area (TPSA) is 34.1 Å². The predicted molar refractivity (Wildman–Crippen MR) is 51.6 cm³/mol. The van der Waals surface area contributed by atoms with Crippen LogP contribution in [0.1, 0.15) is 33.1 Å². The quantitative estimate of drug-likeness (QED) is 0.669. The Morgan fingerprint density at radius 1 is 1.50 bits per heavy atom. The van der Waals surface area contributed by atoms with E-state index in [1.165, 1.54) is 12.8 Å². The second-order valence-electron chi connectivity index (χ2n) is 5.61. The Kier molecular flexibility index (Phi) is 1.41. The highest BCUT2D eigenvalue weighted by atomic mass is 16.1. The molecule has 0 radical (unpaired) electrons. The van der Waals surface area contributed by atoms with E-state index in [2.05, 4.69) is 0 Å². The third-order valence-corrected chi connectivity index (χ3v) is 4.81.